The average Bonchev–Trinajstić information content (AvgIpc) is 2.15. The lowest BCUT2D eigenvalue weighted by Crippen LogP contribution is -1.97. The normalized spacial score (nSPS) is 12.0. The number of rotatable bonds is 3. The monoisotopic (exact) mass is 241 g/mol. The molecule has 0 aliphatic carbocycles. The smallest absolute Gasteiger partial charge is 0.0625 e. The fraction of sp³-hybridized carbons (Fsp3) is 0.222. The van der Waals surface area contributed by atoms with Gasteiger partial charge in [0.2, 0.25) is 0 Å². The Hall–Kier alpha value is -0.380. The van der Waals surface area contributed by atoms with Gasteiger partial charge in [-0.1, -0.05) is 45.8 Å². The van der Waals surface area contributed by atoms with Crippen molar-refractivity contribution >= 4 is 27.4 Å². The second-order valence-electron chi connectivity index (χ2n) is 2.33. The van der Waals surface area contributed by atoms with Crippen LogP contribution in [-0.4, -0.2) is 6.16 Å². The molecule has 0 aliphatic heterocycles. The van der Waals surface area contributed by atoms with E-state index < -0.39 is 0 Å². The number of halogens is 1. The van der Waals surface area contributed by atoms with Gasteiger partial charge in [-0.2, -0.15) is 5.26 Å². The van der Waals surface area contributed by atoms with Crippen LogP contribution in [-0.2, 0) is 0 Å². The lowest BCUT2D eigenvalue weighted by molar-refractivity contribution is 1.24. The SMILES string of the molecule is N#CCCP(Br)c1ccccc1. The highest BCUT2D eigenvalue weighted by Crippen LogP contribution is 2.42. The topological polar surface area (TPSA) is 23.8 Å². The third-order valence-corrected chi connectivity index (χ3v) is 5.22. The lowest BCUT2D eigenvalue weighted by atomic mass is 10.4. The molecule has 62 valence electrons. The fourth-order valence-corrected chi connectivity index (χ4v) is 3.16. The van der Waals surface area contributed by atoms with Crippen molar-refractivity contribution in [2.45, 2.75) is 6.42 Å². The van der Waals surface area contributed by atoms with E-state index in [4.69, 9.17) is 5.26 Å². The lowest BCUT2D eigenvalue weighted by Gasteiger charge is -2.06. The van der Waals surface area contributed by atoms with Gasteiger partial charge < -0.3 is 0 Å². The van der Waals surface area contributed by atoms with Gasteiger partial charge >= 0.3 is 0 Å². The summed E-state index contributed by atoms with van der Waals surface area (Å²) in [5, 5.41) is 9.71. The molecule has 1 atom stereocenters. The predicted molar refractivity (Wildman–Crippen MR) is 57.0 cm³/mol. The molecule has 1 aromatic carbocycles. The molecular formula is C9H9BrNP. The summed E-state index contributed by atoms with van der Waals surface area (Å²) in [5.41, 5.74) is 0. The van der Waals surface area contributed by atoms with Crippen molar-refractivity contribution in [3.8, 4) is 6.07 Å². The average molecular weight is 242 g/mol. The quantitative estimate of drug-likeness (QED) is 0.747. The summed E-state index contributed by atoms with van der Waals surface area (Å²) >= 11 is 3.60. The zero-order chi connectivity index (χ0) is 8.81. The molecule has 0 heterocycles. The minimum atomic E-state index is -0.292. The second kappa shape index (κ2) is 5.30. The summed E-state index contributed by atoms with van der Waals surface area (Å²) in [5.74, 6) is 0. The number of hydrogen-bond donors (Lipinski definition) is 0. The van der Waals surface area contributed by atoms with Crippen molar-refractivity contribution in [1.29, 1.82) is 5.26 Å². The van der Waals surface area contributed by atoms with E-state index in [1.807, 2.05) is 18.2 Å². The second-order valence-corrected chi connectivity index (χ2v) is 6.59. The molecule has 0 aliphatic rings. The highest BCUT2D eigenvalue weighted by atomic mass is 79.9. The minimum Gasteiger partial charge on any atom is -0.198 e. The van der Waals surface area contributed by atoms with E-state index in [0.29, 0.717) is 6.42 Å². The summed E-state index contributed by atoms with van der Waals surface area (Å²) in [7, 11) is 0. The van der Waals surface area contributed by atoms with Crippen LogP contribution in [0.1, 0.15) is 6.42 Å². The van der Waals surface area contributed by atoms with Gasteiger partial charge in [0.05, 0.1) is 6.07 Å². The van der Waals surface area contributed by atoms with Crippen LogP contribution in [0, 0.1) is 11.3 Å². The Morgan fingerprint density at radius 2 is 2.00 bits per heavy atom. The van der Waals surface area contributed by atoms with Crippen LogP contribution in [0.15, 0.2) is 30.3 Å². The molecule has 0 amide bonds. The largest absolute Gasteiger partial charge is 0.198 e. The molecule has 0 aromatic heterocycles. The van der Waals surface area contributed by atoms with Gasteiger partial charge in [-0.25, -0.2) is 0 Å². The van der Waals surface area contributed by atoms with Crippen LogP contribution in [0.25, 0.3) is 0 Å². The van der Waals surface area contributed by atoms with E-state index >= 15 is 0 Å². The third kappa shape index (κ3) is 2.93. The van der Waals surface area contributed by atoms with Crippen molar-refractivity contribution < 1.29 is 0 Å². The van der Waals surface area contributed by atoms with Gasteiger partial charge in [-0.15, -0.1) is 0 Å². The van der Waals surface area contributed by atoms with E-state index in [1.165, 1.54) is 5.30 Å². The molecular weight excluding hydrogens is 233 g/mol. The highest BCUT2D eigenvalue weighted by Gasteiger charge is 2.04. The van der Waals surface area contributed by atoms with E-state index in [1.54, 1.807) is 0 Å². The molecule has 0 spiro atoms. The van der Waals surface area contributed by atoms with Crippen molar-refractivity contribution in [1.82, 2.24) is 0 Å². The van der Waals surface area contributed by atoms with Crippen LogP contribution >= 0.6 is 22.1 Å². The molecule has 0 fully saturated rings. The van der Waals surface area contributed by atoms with Gasteiger partial charge in [0.15, 0.2) is 0 Å². The Bertz CT molecular complexity index is 268. The Labute approximate surface area is 81.9 Å². The van der Waals surface area contributed by atoms with Crippen molar-refractivity contribution in [3.63, 3.8) is 0 Å². The first-order valence-corrected chi connectivity index (χ1v) is 7.24. The van der Waals surface area contributed by atoms with E-state index in [9.17, 15) is 0 Å². The summed E-state index contributed by atoms with van der Waals surface area (Å²) in [6.45, 7) is -0.292. The predicted octanol–water partition coefficient (Wildman–Crippen LogP) is 3.02. The van der Waals surface area contributed by atoms with Gasteiger partial charge in [0.25, 0.3) is 0 Å². The van der Waals surface area contributed by atoms with E-state index in [-0.39, 0.29) is 6.62 Å². The van der Waals surface area contributed by atoms with Crippen LogP contribution in [0.3, 0.4) is 0 Å². The number of nitriles is 1. The first kappa shape index (κ1) is 9.71. The number of nitrogens with zero attached hydrogens (tertiary/aromatic N) is 1. The van der Waals surface area contributed by atoms with Crippen LogP contribution in [0.2, 0.25) is 0 Å². The Morgan fingerprint density at radius 1 is 1.33 bits per heavy atom. The van der Waals surface area contributed by atoms with Crippen LogP contribution in [0.5, 0.6) is 0 Å². The first-order chi connectivity index (χ1) is 5.84. The molecule has 1 rings (SSSR count). The van der Waals surface area contributed by atoms with Gasteiger partial charge in [-0.05, 0) is 18.1 Å². The maximum absolute atomic E-state index is 8.40. The first-order valence-electron chi connectivity index (χ1n) is 3.70. The number of benzene rings is 1. The van der Waals surface area contributed by atoms with Crippen LogP contribution < -0.4 is 5.30 Å². The fourth-order valence-electron chi connectivity index (χ4n) is 0.867. The summed E-state index contributed by atoms with van der Waals surface area (Å²) < 4.78 is 0. The molecule has 0 bridgehead atoms. The summed E-state index contributed by atoms with van der Waals surface area (Å²) in [6, 6.07) is 12.4. The van der Waals surface area contributed by atoms with E-state index in [2.05, 4.69) is 33.7 Å². The van der Waals surface area contributed by atoms with Crippen molar-refractivity contribution in [2.24, 2.45) is 0 Å². The Balaban J connectivity index is 2.55. The minimum absolute atomic E-state index is 0.292. The molecule has 1 aromatic rings. The molecule has 12 heavy (non-hydrogen) atoms. The zero-order valence-electron chi connectivity index (χ0n) is 6.57. The molecule has 0 radical (unpaired) electrons. The van der Waals surface area contributed by atoms with Gasteiger partial charge in [-0.3, -0.25) is 0 Å². The third-order valence-electron chi connectivity index (χ3n) is 1.46. The van der Waals surface area contributed by atoms with Crippen molar-refractivity contribution in [2.75, 3.05) is 6.16 Å². The Morgan fingerprint density at radius 3 is 2.58 bits per heavy atom. The highest BCUT2D eigenvalue weighted by molar-refractivity contribution is 9.40. The maximum Gasteiger partial charge on any atom is 0.0625 e. The zero-order valence-corrected chi connectivity index (χ0v) is 9.05. The maximum atomic E-state index is 8.40. The molecule has 0 saturated carbocycles. The number of hydrogen-bond acceptors (Lipinski definition) is 1. The molecule has 0 N–H and O–H groups in total. The molecule has 3 heteroatoms. The molecule has 1 unspecified atom stereocenters. The molecule has 1 nitrogen and oxygen atoms in total. The summed E-state index contributed by atoms with van der Waals surface area (Å²) in [6.07, 6.45) is 1.57. The van der Waals surface area contributed by atoms with E-state index in [0.717, 1.165) is 6.16 Å². The van der Waals surface area contributed by atoms with Crippen LogP contribution in [0.4, 0.5) is 0 Å². The van der Waals surface area contributed by atoms with Gasteiger partial charge in [0.1, 0.15) is 0 Å². The standard InChI is InChI=1S/C9H9BrNP/c10-12(8-4-7-11)9-5-2-1-3-6-9/h1-3,5-6H,4,8H2. The molecule has 0 saturated heterocycles. The summed E-state index contributed by atoms with van der Waals surface area (Å²) in [4.78, 5) is 0. The Kier molecular flexibility index (Phi) is 4.29. The van der Waals surface area contributed by atoms with Crippen molar-refractivity contribution in [3.05, 3.63) is 30.3 Å². The van der Waals surface area contributed by atoms with Gasteiger partial charge in [0, 0.05) is 6.42 Å².